The fourth-order valence-corrected chi connectivity index (χ4v) is 2.40. The van der Waals surface area contributed by atoms with E-state index in [4.69, 9.17) is 0 Å². The molecular formula is C14H25N3O2. The van der Waals surface area contributed by atoms with Crippen LogP contribution in [0.2, 0.25) is 0 Å². The third kappa shape index (κ3) is 4.82. The smallest absolute Gasteiger partial charge is 0.239 e. The topological polar surface area (TPSA) is 61.4 Å². The molecule has 2 rings (SSSR count). The average molecular weight is 267 g/mol. The molecule has 0 bridgehead atoms. The van der Waals surface area contributed by atoms with Crippen molar-refractivity contribution >= 4 is 11.8 Å². The summed E-state index contributed by atoms with van der Waals surface area (Å²) in [4.78, 5) is 25.7. The van der Waals surface area contributed by atoms with Gasteiger partial charge in [-0.15, -0.1) is 0 Å². The van der Waals surface area contributed by atoms with Crippen LogP contribution in [0, 0.1) is 0 Å². The number of carbonyl (C=O) groups excluding carboxylic acids is 2. The van der Waals surface area contributed by atoms with Gasteiger partial charge in [0.1, 0.15) is 0 Å². The number of hydrogen-bond acceptors (Lipinski definition) is 3. The normalized spacial score (nSPS) is 21.6. The number of nitrogens with zero attached hydrogens (tertiary/aromatic N) is 1. The number of rotatable bonds is 5. The quantitative estimate of drug-likeness (QED) is 0.768. The van der Waals surface area contributed by atoms with Gasteiger partial charge in [0, 0.05) is 19.1 Å². The van der Waals surface area contributed by atoms with Crippen LogP contribution in [-0.2, 0) is 9.59 Å². The molecule has 1 heterocycles. The standard InChI is InChI=1S/C14H25N3O2/c1-11(15-10-13(18)16-12-6-7-12)14(19)17-8-4-2-3-5-9-17/h11-12,15H,2-10H2,1H3,(H,16,18). The second kappa shape index (κ2) is 6.89. The molecule has 2 aliphatic rings. The van der Waals surface area contributed by atoms with Crippen LogP contribution in [0.25, 0.3) is 0 Å². The van der Waals surface area contributed by atoms with Gasteiger partial charge in [-0.05, 0) is 32.6 Å². The van der Waals surface area contributed by atoms with Crippen molar-refractivity contribution in [1.82, 2.24) is 15.5 Å². The Morgan fingerprint density at radius 1 is 1.16 bits per heavy atom. The average Bonchev–Trinajstić information content (AvgIpc) is 3.21. The van der Waals surface area contributed by atoms with E-state index in [1.807, 2.05) is 11.8 Å². The van der Waals surface area contributed by atoms with Crippen molar-refractivity contribution in [1.29, 1.82) is 0 Å². The molecule has 2 amide bonds. The van der Waals surface area contributed by atoms with Crippen molar-refractivity contribution in [3.63, 3.8) is 0 Å². The van der Waals surface area contributed by atoms with Crippen molar-refractivity contribution in [3.05, 3.63) is 0 Å². The number of amides is 2. The summed E-state index contributed by atoms with van der Waals surface area (Å²) in [6.45, 7) is 3.80. The minimum absolute atomic E-state index is 0.00184. The van der Waals surface area contributed by atoms with Crippen LogP contribution in [0.4, 0.5) is 0 Å². The van der Waals surface area contributed by atoms with Gasteiger partial charge in [0.15, 0.2) is 0 Å². The Morgan fingerprint density at radius 3 is 2.37 bits per heavy atom. The molecule has 0 aromatic heterocycles. The summed E-state index contributed by atoms with van der Waals surface area (Å²) in [6, 6.07) is 0.106. The van der Waals surface area contributed by atoms with E-state index in [2.05, 4.69) is 10.6 Å². The highest BCUT2D eigenvalue weighted by Gasteiger charge is 2.24. The first-order chi connectivity index (χ1) is 9.16. The van der Waals surface area contributed by atoms with E-state index in [1.54, 1.807) is 0 Å². The van der Waals surface area contributed by atoms with E-state index in [-0.39, 0.29) is 24.4 Å². The zero-order chi connectivity index (χ0) is 13.7. The van der Waals surface area contributed by atoms with Crippen molar-refractivity contribution in [2.75, 3.05) is 19.6 Å². The first kappa shape index (κ1) is 14.3. The van der Waals surface area contributed by atoms with Gasteiger partial charge in [-0.25, -0.2) is 0 Å². The van der Waals surface area contributed by atoms with Crippen molar-refractivity contribution in [2.45, 2.75) is 57.5 Å². The van der Waals surface area contributed by atoms with Crippen LogP contribution in [0.5, 0.6) is 0 Å². The molecule has 5 nitrogen and oxygen atoms in total. The van der Waals surface area contributed by atoms with Crippen molar-refractivity contribution < 1.29 is 9.59 Å². The fourth-order valence-electron chi connectivity index (χ4n) is 2.40. The predicted molar refractivity (Wildman–Crippen MR) is 73.7 cm³/mol. The molecule has 0 spiro atoms. The summed E-state index contributed by atoms with van der Waals surface area (Å²) in [5, 5.41) is 5.94. The summed E-state index contributed by atoms with van der Waals surface area (Å²) in [6.07, 6.45) is 6.81. The van der Waals surface area contributed by atoms with Crippen LogP contribution in [0.1, 0.15) is 45.4 Å². The summed E-state index contributed by atoms with van der Waals surface area (Å²) in [5.41, 5.74) is 0. The second-order valence-corrected chi connectivity index (χ2v) is 5.68. The highest BCUT2D eigenvalue weighted by Crippen LogP contribution is 2.18. The molecular weight excluding hydrogens is 242 g/mol. The second-order valence-electron chi connectivity index (χ2n) is 5.68. The van der Waals surface area contributed by atoms with E-state index >= 15 is 0 Å². The van der Waals surface area contributed by atoms with Crippen molar-refractivity contribution in [2.24, 2.45) is 0 Å². The molecule has 0 radical (unpaired) electrons. The van der Waals surface area contributed by atoms with Crippen LogP contribution in [0.15, 0.2) is 0 Å². The summed E-state index contributed by atoms with van der Waals surface area (Å²) in [7, 11) is 0. The Hall–Kier alpha value is -1.10. The fraction of sp³-hybridized carbons (Fsp3) is 0.857. The van der Waals surface area contributed by atoms with Gasteiger partial charge < -0.3 is 10.2 Å². The summed E-state index contributed by atoms with van der Waals surface area (Å²) in [5.74, 6) is 0.124. The van der Waals surface area contributed by atoms with E-state index in [0.29, 0.717) is 6.04 Å². The zero-order valence-corrected chi connectivity index (χ0v) is 11.8. The van der Waals surface area contributed by atoms with Gasteiger partial charge in [0.05, 0.1) is 12.6 Å². The first-order valence-electron chi connectivity index (χ1n) is 7.48. The minimum atomic E-state index is -0.275. The van der Waals surface area contributed by atoms with Gasteiger partial charge in [0.25, 0.3) is 0 Å². The van der Waals surface area contributed by atoms with Gasteiger partial charge >= 0.3 is 0 Å². The third-order valence-corrected chi connectivity index (χ3v) is 3.80. The molecule has 2 fully saturated rings. The highest BCUT2D eigenvalue weighted by atomic mass is 16.2. The molecule has 1 aliphatic heterocycles. The zero-order valence-electron chi connectivity index (χ0n) is 11.8. The van der Waals surface area contributed by atoms with Crippen LogP contribution in [-0.4, -0.2) is 48.4 Å². The van der Waals surface area contributed by atoms with Crippen LogP contribution in [0.3, 0.4) is 0 Å². The maximum atomic E-state index is 12.2. The van der Waals surface area contributed by atoms with Crippen molar-refractivity contribution in [3.8, 4) is 0 Å². The number of hydrogen-bond donors (Lipinski definition) is 2. The van der Waals surface area contributed by atoms with E-state index in [9.17, 15) is 9.59 Å². The SMILES string of the molecule is CC(NCC(=O)NC1CC1)C(=O)N1CCCCCC1. The Morgan fingerprint density at radius 2 is 1.79 bits per heavy atom. The molecule has 5 heteroatoms. The van der Waals surface area contributed by atoms with Gasteiger partial charge in [-0.1, -0.05) is 12.8 Å². The van der Waals surface area contributed by atoms with Gasteiger partial charge in [-0.3, -0.25) is 14.9 Å². The Bertz CT molecular complexity index is 321. The lowest BCUT2D eigenvalue weighted by Gasteiger charge is -2.24. The number of nitrogens with one attached hydrogen (secondary N) is 2. The minimum Gasteiger partial charge on any atom is -0.352 e. The van der Waals surface area contributed by atoms with Crippen LogP contribution >= 0.6 is 0 Å². The van der Waals surface area contributed by atoms with Gasteiger partial charge in [0.2, 0.25) is 11.8 Å². The lowest BCUT2D eigenvalue weighted by atomic mass is 10.2. The largest absolute Gasteiger partial charge is 0.352 e. The molecule has 1 atom stereocenters. The van der Waals surface area contributed by atoms with E-state index in [0.717, 1.165) is 38.8 Å². The summed E-state index contributed by atoms with van der Waals surface area (Å²) < 4.78 is 0. The molecule has 0 aromatic carbocycles. The van der Waals surface area contributed by atoms with E-state index < -0.39 is 0 Å². The Kier molecular flexibility index (Phi) is 5.19. The first-order valence-corrected chi connectivity index (χ1v) is 7.48. The highest BCUT2D eigenvalue weighted by molar-refractivity contribution is 5.83. The van der Waals surface area contributed by atoms with Gasteiger partial charge in [-0.2, -0.15) is 0 Å². The third-order valence-electron chi connectivity index (χ3n) is 3.80. The Balaban J connectivity index is 1.69. The van der Waals surface area contributed by atoms with E-state index in [1.165, 1.54) is 12.8 Å². The van der Waals surface area contributed by atoms with Crippen LogP contribution < -0.4 is 10.6 Å². The summed E-state index contributed by atoms with van der Waals surface area (Å²) >= 11 is 0. The molecule has 19 heavy (non-hydrogen) atoms. The lowest BCUT2D eigenvalue weighted by Crippen LogP contribution is -2.48. The Labute approximate surface area is 115 Å². The lowest BCUT2D eigenvalue weighted by molar-refractivity contribution is -0.133. The molecule has 1 saturated heterocycles. The molecule has 1 saturated carbocycles. The maximum absolute atomic E-state index is 12.2. The monoisotopic (exact) mass is 267 g/mol. The molecule has 1 aliphatic carbocycles. The molecule has 2 N–H and O–H groups in total. The maximum Gasteiger partial charge on any atom is 0.239 e. The molecule has 108 valence electrons. The molecule has 0 aromatic rings. The predicted octanol–water partition coefficient (Wildman–Crippen LogP) is 0.646. The number of carbonyl (C=O) groups is 2. The molecule has 1 unspecified atom stereocenters. The number of likely N-dealkylation sites (tertiary alicyclic amines) is 1.